The fourth-order valence-corrected chi connectivity index (χ4v) is 2.66. The lowest BCUT2D eigenvalue weighted by molar-refractivity contribution is 0.112. The SMILES string of the molecule is CN1CCN(c2ccc3c(C=O)cccc3c2)CC1. The number of hydrogen-bond acceptors (Lipinski definition) is 3. The Bertz CT molecular complexity index is 601. The first-order valence-electron chi connectivity index (χ1n) is 6.69. The molecule has 1 heterocycles. The van der Waals surface area contributed by atoms with Crippen LogP contribution in [0, 0.1) is 0 Å². The molecule has 1 saturated heterocycles. The molecular weight excluding hydrogens is 236 g/mol. The maximum atomic E-state index is 11.0. The van der Waals surface area contributed by atoms with Crippen LogP contribution in [0.1, 0.15) is 10.4 Å². The number of benzene rings is 2. The number of hydrogen-bond donors (Lipinski definition) is 0. The maximum Gasteiger partial charge on any atom is 0.150 e. The second-order valence-electron chi connectivity index (χ2n) is 5.16. The van der Waals surface area contributed by atoms with Crippen LogP contribution in [0.25, 0.3) is 10.8 Å². The molecule has 1 aliphatic rings. The minimum atomic E-state index is 0.766. The molecular formula is C16H18N2O. The third kappa shape index (κ3) is 2.34. The monoisotopic (exact) mass is 254 g/mol. The van der Waals surface area contributed by atoms with Crippen LogP contribution in [0.4, 0.5) is 5.69 Å². The van der Waals surface area contributed by atoms with Crippen LogP contribution in [-0.4, -0.2) is 44.4 Å². The van der Waals surface area contributed by atoms with Gasteiger partial charge < -0.3 is 9.80 Å². The van der Waals surface area contributed by atoms with Gasteiger partial charge in [-0.2, -0.15) is 0 Å². The second-order valence-corrected chi connectivity index (χ2v) is 5.16. The summed E-state index contributed by atoms with van der Waals surface area (Å²) in [6.45, 7) is 4.34. The number of aldehydes is 1. The van der Waals surface area contributed by atoms with Crippen molar-refractivity contribution >= 4 is 22.7 Å². The zero-order valence-corrected chi connectivity index (χ0v) is 11.2. The highest BCUT2D eigenvalue weighted by Gasteiger charge is 2.14. The molecule has 1 aliphatic heterocycles. The molecule has 98 valence electrons. The number of rotatable bonds is 2. The van der Waals surface area contributed by atoms with Gasteiger partial charge in [-0.05, 0) is 30.0 Å². The lowest BCUT2D eigenvalue weighted by atomic mass is 10.0. The molecule has 0 saturated carbocycles. The van der Waals surface area contributed by atoms with Gasteiger partial charge in [-0.3, -0.25) is 4.79 Å². The fourth-order valence-electron chi connectivity index (χ4n) is 2.66. The van der Waals surface area contributed by atoms with Gasteiger partial charge in [0.25, 0.3) is 0 Å². The summed E-state index contributed by atoms with van der Waals surface area (Å²) in [6.07, 6.45) is 0.928. The molecule has 0 atom stereocenters. The van der Waals surface area contributed by atoms with Crippen molar-refractivity contribution < 1.29 is 4.79 Å². The summed E-state index contributed by atoms with van der Waals surface area (Å²) in [4.78, 5) is 15.8. The number of carbonyl (C=O) groups excluding carboxylic acids is 1. The van der Waals surface area contributed by atoms with Crippen molar-refractivity contribution in [2.24, 2.45) is 0 Å². The van der Waals surface area contributed by atoms with Crippen molar-refractivity contribution in [3.8, 4) is 0 Å². The van der Waals surface area contributed by atoms with Crippen molar-refractivity contribution in [1.29, 1.82) is 0 Å². The average Bonchev–Trinajstić information content (AvgIpc) is 2.47. The molecule has 3 heteroatoms. The standard InChI is InChI=1S/C16H18N2O/c1-17-7-9-18(10-8-17)15-5-6-16-13(11-15)3-2-4-14(16)12-19/h2-6,11-12H,7-10H2,1H3. The summed E-state index contributed by atoms with van der Waals surface area (Å²) in [7, 11) is 2.16. The van der Waals surface area contributed by atoms with Crippen LogP contribution < -0.4 is 4.90 Å². The highest BCUT2D eigenvalue weighted by molar-refractivity contribution is 5.99. The van der Waals surface area contributed by atoms with E-state index in [2.05, 4.69) is 41.1 Å². The van der Waals surface area contributed by atoms with Gasteiger partial charge in [0.2, 0.25) is 0 Å². The van der Waals surface area contributed by atoms with Crippen LogP contribution in [0.15, 0.2) is 36.4 Å². The van der Waals surface area contributed by atoms with E-state index in [1.165, 1.54) is 5.69 Å². The van der Waals surface area contributed by atoms with Gasteiger partial charge in [0, 0.05) is 37.4 Å². The van der Waals surface area contributed by atoms with Crippen molar-refractivity contribution in [2.75, 3.05) is 38.1 Å². The van der Waals surface area contributed by atoms with Crippen molar-refractivity contribution in [1.82, 2.24) is 4.90 Å². The smallest absolute Gasteiger partial charge is 0.150 e. The summed E-state index contributed by atoms with van der Waals surface area (Å²) in [5.74, 6) is 0. The Hall–Kier alpha value is -1.87. The van der Waals surface area contributed by atoms with Crippen LogP contribution in [0.3, 0.4) is 0 Å². The summed E-state index contributed by atoms with van der Waals surface area (Å²) in [5.41, 5.74) is 2.02. The Labute approximate surface area is 113 Å². The molecule has 2 aromatic rings. The molecule has 0 aliphatic carbocycles. The van der Waals surface area contributed by atoms with Gasteiger partial charge in [0.15, 0.2) is 6.29 Å². The Morgan fingerprint density at radius 2 is 1.84 bits per heavy atom. The number of carbonyl (C=O) groups is 1. The quantitative estimate of drug-likeness (QED) is 0.769. The molecule has 0 amide bonds. The minimum Gasteiger partial charge on any atom is -0.369 e. The topological polar surface area (TPSA) is 23.6 Å². The van der Waals surface area contributed by atoms with Crippen molar-refractivity contribution in [3.63, 3.8) is 0 Å². The number of fused-ring (bicyclic) bond motifs is 1. The Balaban J connectivity index is 1.96. The largest absolute Gasteiger partial charge is 0.369 e. The van der Waals surface area contributed by atoms with Gasteiger partial charge >= 0.3 is 0 Å². The third-order valence-corrected chi connectivity index (χ3v) is 3.89. The first-order chi connectivity index (χ1) is 9.28. The van der Waals surface area contributed by atoms with Crippen LogP contribution in [0.5, 0.6) is 0 Å². The molecule has 0 radical (unpaired) electrons. The molecule has 0 aromatic heterocycles. The summed E-state index contributed by atoms with van der Waals surface area (Å²) < 4.78 is 0. The van der Waals surface area contributed by atoms with E-state index in [0.717, 1.165) is 48.8 Å². The number of anilines is 1. The molecule has 0 unspecified atom stereocenters. The van der Waals surface area contributed by atoms with Gasteiger partial charge in [-0.15, -0.1) is 0 Å². The normalized spacial score (nSPS) is 16.8. The molecule has 0 spiro atoms. The van der Waals surface area contributed by atoms with E-state index in [4.69, 9.17) is 0 Å². The summed E-state index contributed by atoms with van der Waals surface area (Å²) in [5, 5.41) is 2.18. The predicted octanol–water partition coefficient (Wildman–Crippen LogP) is 2.40. The van der Waals surface area contributed by atoms with Gasteiger partial charge in [-0.25, -0.2) is 0 Å². The zero-order valence-electron chi connectivity index (χ0n) is 11.2. The highest BCUT2D eigenvalue weighted by Crippen LogP contribution is 2.24. The number of piperazine rings is 1. The molecule has 19 heavy (non-hydrogen) atoms. The van der Waals surface area contributed by atoms with Gasteiger partial charge in [0.05, 0.1) is 0 Å². The predicted molar refractivity (Wildman–Crippen MR) is 79.0 cm³/mol. The lowest BCUT2D eigenvalue weighted by Crippen LogP contribution is -2.44. The Morgan fingerprint density at radius 3 is 2.58 bits per heavy atom. The number of likely N-dealkylation sites (N-methyl/N-ethyl adjacent to an activating group) is 1. The number of nitrogens with zero attached hydrogens (tertiary/aromatic N) is 2. The van der Waals surface area contributed by atoms with E-state index in [0.29, 0.717) is 0 Å². The zero-order chi connectivity index (χ0) is 13.2. The molecule has 0 bridgehead atoms. The van der Waals surface area contributed by atoms with E-state index < -0.39 is 0 Å². The third-order valence-electron chi connectivity index (χ3n) is 3.89. The van der Waals surface area contributed by atoms with Gasteiger partial charge in [0.1, 0.15) is 0 Å². The van der Waals surface area contributed by atoms with E-state index in [1.54, 1.807) is 0 Å². The fraction of sp³-hybridized carbons (Fsp3) is 0.312. The Kier molecular flexibility index (Phi) is 3.22. The molecule has 3 rings (SSSR count). The maximum absolute atomic E-state index is 11.0. The van der Waals surface area contributed by atoms with E-state index in [9.17, 15) is 4.79 Å². The van der Waals surface area contributed by atoms with Crippen LogP contribution in [0.2, 0.25) is 0 Å². The van der Waals surface area contributed by atoms with Crippen molar-refractivity contribution in [2.45, 2.75) is 0 Å². The van der Waals surface area contributed by atoms with Crippen LogP contribution in [-0.2, 0) is 0 Å². The first kappa shape index (κ1) is 12.2. The molecule has 1 fully saturated rings. The highest BCUT2D eigenvalue weighted by atomic mass is 16.1. The van der Waals surface area contributed by atoms with E-state index in [1.807, 2.05) is 12.1 Å². The first-order valence-corrected chi connectivity index (χ1v) is 6.69. The lowest BCUT2D eigenvalue weighted by Gasteiger charge is -2.34. The Morgan fingerprint density at radius 1 is 1.05 bits per heavy atom. The summed E-state index contributed by atoms with van der Waals surface area (Å²) >= 11 is 0. The second kappa shape index (κ2) is 5.02. The van der Waals surface area contributed by atoms with Gasteiger partial charge in [-0.1, -0.05) is 24.3 Å². The minimum absolute atomic E-state index is 0.766. The van der Waals surface area contributed by atoms with Crippen LogP contribution >= 0.6 is 0 Å². The average molecular weight is 254 g/mol. The van der Waals surface area contributed by atoms with E-state index in [-0.39, 0.29) is 0 Å². The molecule has 0 N–H and O–H groups in total. The van der Waals surface area contributed by atoms with Crippen molar-refractivity contribution in [3.05, 3.63) is 42.0 Å². The molecule has 3 nitrogen and oxygen atoms in total. The summed E-state index contributed by atoms with van der Waals surface area (Å²) in [6, 6.07) is 12.3. The molecule has 2 aromatic carbocycles. The van der Waals surface area contributed by atoms with E-state index >= 15 is 0 Å².